The van der Waals surface area contributed by atoms with Gasteiger partial charge >= 0.3 is 6.09 Å². The maximum absolute atomic E-state index is 12.9. The summed E-state index contributed by atoms with van der Waals surface area (Å²) in [5.41, 5.74) is 0.827. The highest BCUT2D eigenvalue weighted by Crippen LogP contribution is 2.17. The number of hydrogen-bond donors (Lipinski definition) is 2. The molecule has 33 heavy (non-hydrogen) atoms. The molecule has 1 aromatic heterocycles. The summed E-state index contributed by atoms with van der Waals surface area (Å²) in [6, 6.07) is 10.0. The number of nitrogens with zero attached hydrogens (tertiary/aromatic N) is 2. The van der Waals surface area contributed by atoms with Crippen molar-refractivity contribution in [3.63, 3.8) is 0 Å². The number of likely N-dealkylation sites (tertiary alicyclic amines) is 1. The van der Waals surface area contributed by atoms with E-state index in [0.717, 1.165) is 0 Å². The standard InChI is InChI=1S/C24H29ClN4O4/c1-24(2,3)33-23(32)29-13-10-18(11-14-29)28-22(31)19-5-4-12-26-20(19)15-21(30)27-17-8-6-16(25)7-9-17/h4-9,12,18H,10-11,13-15H2,1-3H3,(H,27,30)(H,28,31). The van der Waals surface area contributed by atoms with Crippen LogP contribution in [0.3, 0.4) is 0 Å². The predicted molar refractivity (Wildman–Crippen MR) is 126 cm³/mol. The lowest BCUT2D eigenvalue weighted by Gasteiger charge is -2.33. The SMILES string of the molecule is CC(C)(C)OC(=O)N1CCC(NC(=O)c2cccnc2CC(=O)Nc2ccc(Cl)cc2)CC1. The van der Waals surface area contributed by atoms with Crippen molar-refractivity contribution >= 4 is 35.2 Å². The number of anilines is 1. The summed E-state index contributed by atoms with van der Waals surface area (Å²) in [5.74, 6) is -0.566. The van der Waals surface area contributed by atoms with E-state index in [4.69, 9.17) is 16.3 Å². The van der Waals surface area contributed by atoms with Gasteiger partial charge in [0.2, 0.25) is 5.91 Å². The van der Waals surface area contributed by atoms with Gasteiger partial charge in [0.1, 0.15) is 5.60 Å². The molecule has 1 aliphatic heterocycles. The zero-order valence-electron chi connectivity index (χ0n) is 19.1. The highest BCUT2D eigenvalue weighted by Gasteiger charge is 2.28. The van der Waals surface area contributed by atoms with Crippen molar-refractivity contribution in [2.45, 2.75) is 51.7 Å². The second-order valence-corrected chi connectivity index (χ2v) is 9.38. The van der Waals surface area contributed by atoms with Gasteiger partial charge in [0.15, 0.2) is 0 Å². The molecule has 0 atom stereocenters. The average Bonchev–Trinajstić information content (AvgIpc) is 2.75. The molecule has 1 saturated heterocycles. The number of pyridine rings is 1. The van der Waals surface area contributed by atoms with Crippen LogP contribution in [0.2, 0.25) is 5.02 Å². The third-order valence-corrected chi connectivity index (χ3v) is 5.32. The quantitative estimate of drug-likeness (QED) is 0.683. The molecule has 0 spiro atoms. The van der Waals surface area contributed by atoms with Crippen molar-refractivity contribution in [3.8, 4) is 0 Å². The summed E-state index contributed by atoms with van der Waals surface area (Å²) in [7, 11) is 0. The number of rotatable bonds is 5. The molecule has 3 rings (SSSR count). The van der Waals surface area contributed by atoms with Crippen molar-refractivity contribution in [1.29, 1.82) is 0 Å². The van der Waals surface area contributed by atoms with E-state index in [-0.39, 0.29) is 30.4 Å². The molecule has 2 N–H and O–H groups in total. The molecule has 8 nitrogen and oxygen atoms in total. The number of amides is 3. The summed E-state index contributed by atoms with van der Waals surface area (Å²) < 4.78 is 5.41. The molecular weight excluding hydrogens is 444 g/mol. The minimum atomic E-state index is -0.543. The first-order chi connectivity index (χ1) is 15.6. The van der Waals surface area contributed by atoms with Gasteiger partial charge in [0, 0.05) is 36.0 Å². The minimum Gasteiger partial charge on any atom is -0.444 e. The fourth-order valence-electron chi connectivity index (χ4n) is 3.47. The molecule has 2 aromatic rings. The monoisotopic (exact) mass is 472 g/mol. The number of nitrogens with one attached hydrogen (secondary N) is 2. The number of carbonyl (C=O) groups excluding carboxylic acids is 3. The zero-order chi connectivity index (χ0) is 24.0. The number of halogens is 1. The van der Waals surface area contributed by atoms with Crippen LogP contribution in [0.4, 0.5) is 10.5 Å². The highest BCUT2D eigenvalue weighted by molar-refractivity contribution is 6.30. The molecule has 1 fully saturated rings. The van der Waals surface area contributed by atoms with Gasteiger partial charge in [-0.1, -0.05) is 11.6 Å². The molecule has 2 heterocycles. The van der Waals surface area contributed by atoms with E-state index in [0.29, 0.717) is 47.9 Å². The van der Waals surface area contributed by atoms with E-state index >= 15 is 0 Å². The van der Waals surface area contributed by atoms with E-state index in [9.17, 15) is 14.4 Å². The Bertz CT molecular complexity index is 996. The number of ether oxygens (including phenoxy) is 1. The van der Waals surface area contributed by atoms with Crippen LogP contribution in [0, 0.1) is 0 Å². The van der Waals surface area contributed by atoms with Crippen molar-refractivity contribution < 1.29 is 19.1 Å². The van der Waals surface area contributed by atoms with Crippen LogP contribution >= 0.6 is 11.6 Å². The fraction of sp³-hybridized carbons (Fsp3) is 0.417. The zero-order valence-corrected chi connectivity index (χ0v) is 19.8. The van der Waals surface area contributed by atoms with Crippen LogP contribution in [0.25, 0.3) is 0 Å². The third-order valence-electron chi connectivity index (χ3n) is 5.07. The van der Waals surface area contributed by atoms with E-state index < -0.39 is 5.60 Å². The summed E-state index contributed by atoms with van der Waals surface area (Å²) in [4.78, 5) is 43.5. The van der Waals surface area contributed by atoms with Gasteiger partial charge in [0.25, 0.3) is 5.91 Å². The lowest BCUT2D eigenvalue weighted by Crippen LogP contribution is -2.48. The molecule has 3 amide bonds. The van der Waals surface area contributed by atoms with Gasteiger partial charge in [-0.25, -0.2) is 4.79 Å². The van der Waals surface area contributed by atoms with Crippen LogP contribution < -0.4 is 10.6 Å². The Kier molecular flexibility index (Phi) is 7.92. The number of hydrogen-bond acceptors (Lipinski definition) is 5. The maximum atomic E-state index is 12.9. The first kappa shape index (κ1) is 24.5. The molecule has 0 aliphatic carbocycles. The maximum Gasteiger partial charge on any atom is 0.410 e. The highest BCUT2D eigenvalue weighted by atomic mass is 35.5. The normalized spacial score (nSPS) is 14.5. The molecule has 1 aromatic carbocycles. The minimum absolute atomic E-state index is 0.0384. The first-order valence-electron chi connectivity index (χ1n) is 10.9. The Morgan fingerprint density at radius 1 is 1.12 bits per heavy atom. The largest absolute Gasteiger partial charge is 0.444 e. The summed E-state index contributed by atoms with van der Waals surface area (Å²) >= 11 is 5.87. The smallest absolute Gasteiger partial charge is 0.410 e. The molecule has 0 bridgehead atoms. The van der Waals surface area contributed by atoms with Gasteiger partial charge in [-0.15, -0.1) is 0 Å². The van der Waals surface area contributed by atoms with Gasteiger partial charge in [-0.05, 0) is 70.0 Å². The van der Waals surface area contributed by atoms with Crippen molar-refractivity contribution in [2.75, 3.05) is 18.4 Å². The first-order valence-corrected chi connectivity index (χ1v) is 11.3. The van der Waals surface area contributed by atoms with Crippen molar-refractivity contribution in [3.05, 3.63) is 58.9 Å². The Morgan fingerprint density at radius 2 is 1.79 bits per heavy atom. The summed E-state index contributed by atoms with van der Waals surface area (Å²) in [5, 5.41) is 6.36. The van der Waals surface area contributed by atoms with Crippen molar-refractivity contribution in [2.24, 2.45) is 0 Å². The van der Waals surface area contributed by atoms with E-state index in [1.165, 1.54) is 0 Å². The Morgan fingerprint density at radius 3 is 2.42 bits per heavy atom. The molecule has 0 radical (unpaired) electrons. The molecule has 176 valence electrons. The number of piperidine rings is 1. The van der Waals surface area contributed by atoms with Gasteiger partial charge in [-0.2, -0.15) is 0 Å². The second-order valence-electron chi connectivity index (χ2n) is 8.94. The van der Waals surface area contributed by atoms with Crippen molar-refractivity contribution in [1.82, 2.24) is 15.2 Å². The summed E-state index contributed by atoms with van der Waals surface area (Å²) in [6.45, 7) is 6.50. The molecule has 0 saturated carbocycles. The van der Waals surface area contributed by atoms with Crippen LogP contribution in [-0.4, -0.2) is 52.5 Å². The topological polar surface area (TPSA) is 101 Å². The number of benzene rings is 1. The van der Waals surface area contributed by atoms with Crippen LogP contribution in [-0.2, 0) is 16.0 Å². The molecule has 9 heteroatoms. The molecule has 0 unspecified atom stereocenters. The fourth-order valence-corrected chi connectivity index (χ4v) is 3.60. The van der Waals surface area contributed by atoms with Gasteiger partial charge in [0.05, 0.1) is 17.7 Å². The number of carbonyl (C=O) groups is 3. The Labute approximate surface area is 198 Å². The van der Waals surface area contributed by atoms with Crippen LogP contribution in [0.5, 0.6) is 0 Å². The van der Waals surface area contributed by atoms with Gasteiger partial charge in [-0.3, -0.25) is 14.6 Å². The molecular formula is C24H29ClN4O4. The van der Waals surface area contributed by atoms with E-state index in [1.807, 2.05) is 20.8 Å². The third kappa shape index (κ3) is 7.46. The van der Waals surface area contributed by atoms with Crippen LogP contribution in [0.1, 0.15) is 49.7 Å². The molecule has 1 aliphatic rings. The Hall–Kier alpha value is -3.13. The predicted octanol–water partition coefficient (Wildman–Crippen LogP) is 4.05. The lowest BCUT2D eigenvalue weighted by molar-refractivity contribution is -0.115. The summed E-state index contributed by atoms with van der Waals surface area (Å²) in [6.07, 6.45) is 2.42. The Balaban J connectivity index is 1.55. The van der Waals surface area contributed by atoms with Crippen LogP contribution in [0.15, 0.2) is 42.6 Å². The van der Waals surface area contributed by atoms with E-state index in [2.05, 4.69) is 15.6 Å². The lowest BCUT2D eigenvalue weighted by atomic mass is 10.0. The van der Waals surface area contributed by atoms with Gasteiger partial charge < -0.3 is 20.3 Å². The number of aromatic nitrogens is 1. The van der Waals surface area contributed by atoms with E-state index in [1.54, 1.807) is 47.5 Å². The second kappa shape index (κ2) is 10.7. The average molecular weight is 473 g/mol.